The number of nitrogens with zero attached hydrogens (tertiary/aromatic N) is 1. The van der Waals surface area contributed by atoms with Gasteiger partial charge in [-0.1, -0.05) is 6.92 Å². The third-order valence-electron chi connectivity index (χ3n) is 5.18. The van der Waals surface area contributed by atoms with Crippen LogP contribution in [0.1, 0.15) is 39.5 Å². The van der Waals surface area contributed by atoms with Gasteiger partial charge in [0.1, 0.15) is 49.3 Å². The number of likely N-dealkylation sites (N-methyl/N-ethyl adjacent to an activating group) is 1. The van der Waals surface area contributed by atoms with Gasteiger partial charge in [-0.05, 0) is 19.8 Å². The molecule has 15 heteroatoms. The van der Waals surface area contributed by atoms with E-state index in [1.165, 1.54) is 14.0 Å². The number of ether oxygens (including phenoxy) is 1. The lowest BCUT2D eigenvalue weighted by Crippen LogP contribution is -2.56. The molecule has 15 nitrogen and oxygen atoms in total. The number of rotatable bonds is 18. The predicted molar refractivity (Wildman–Crippen MR) is 122 cm³/mol. The van der Waals surface area contributed by atoms with Crippen LogP contribution >= 0.6 is 0 Å². The smallest absolute Gasteiger partial charge is 0.303 e. The highest BCUT2D eigenvalue weighted by atomic mass is 16.5. The van der Waals surface area contributed by atoms with Crippen molar-refractivity contribution in [2.24, 2.45) is 5.73 Å². The maximum atomic E-state index is 12.3. The molecule has 4 amide bonds. The molecule has 0 aliphatic rings. The molecule has 0 aromatic rings. The van der Waals surface area contributed by atoms with E-state index in [2.05, 4.69) is 10.6 Å². The van der Waals surface area contributed by atoms with E-state index in [0.29, 0.717) is 12.7 Å². The number of hydrogen-bond acceptors (Lipinski definition) is 10. The van der Waals surface area contributed by atoms with Crippen LogP contribution in [0, 0.1) is 0 Å². The molecular weight excluding hydrogens is 484 g/mol. The van der Waals surface area contributed by atoms with Gasteiger partial charge in [0.15, 0.2) is 0 Å². The molecule has 0 aromatic heterocycles. The van der Waals surface area contributed by atoms with Gasteiger partial charge in [0, 0.05) is 19.9 Å². The van der Waals surface area contributed by atoms with Gasteiger partial charge in [-0.3, -0.25) is 24.0 Å². The van der Waals surface area contributed by atoms with Gasteiger partial charge in [-0.25, -0.2) is 0 Å². The molecule has 0 saturated heterocycles. The maximum absolute atomic E-state index is 12.3. The molecule has 0 heterocycles. The first-order valence-electron chi connectivity index (χ1n) is 11.2. The summed E-state index contributed by atoms with van der Waals surface area (Å²) < 4.78 is 5.33. The number of nitrogens with two attached hydrogens (primary N) is 1. The van der Waals surface area contributed by atoms with Crippen molar-refractivity contribution in [1.82, 2.24) is 15.5 Å². The van der Waals surface area contributed by atoms with Crippen LogP contribution < -0.4 is 16.4 Å². The number of amides is 4. The minimum absolute atomic E-state index is 0.0814. The number of aliphatic hydroxyl groups excluding tert-OH is 3. The maximum Gasteiger partial charge on any atom is 0.303 e. The second-order valence-electron chi connectivity index (χ2n) is 8.08. The molecular formula is C21H36N4O11. The molecule has 6 atom stereocenters. The standard InChI is InChI=1S/C21H36N4O11/c1-4-5-16(30)25(3)13(8-26)19(18(33)14(28)9-27)36-10-15(29)23-11(2)21(35)24-12(20(22)34)6-7-17(31)32/h8,11-14,18-19,27-28,33H,4-7,9-10H2,1-3H3,(H2,22,34)(H,23,29)(H,24,35)(H,31,32)/t11?,12?,13-,14+,18+,19+/m0/s1. The molecule has 0 rings (SSSR count). The highest BCUT2D eigenvalue weighted by Crippen LogP contribution is 2.14. The van der Waals surface area contributed by atoms with Crippen molar-refractivity contribution in [3.8, 4) is 0 Å². The fourth-order valence-corrected chi connectivity index (χ4v) is 3.04. The lowest BCUT2D eigenvalue weighted by atomic mass is 10.0. The second-order valence-corrected chi connectivity index (χ2v) is 8.08. The van der Waals surface area contributed by atoms with Gasteiger partial charge in [-0.15, -0.1) is 0 Å². The number of aliphatic carboxylic acids is 1. The number of primary amides is 1. The zero-order valence-electron chi connectivity index (χ0n) is 20.5. The summed E-state index contributed by atoms with van der Waals surface area (Å²) in [5.74, 6) is -4.38. The molecule has 0 spiro atoms. The normalized spacial score (nSPS) is 15.9. The van der Waals surface area contributed by atoms with Crippen molar-refractivity contribution in [2.75, 3.05) is 20.3 Å². The van der Waals surface area contributed by atoms with Crippen LogP contribution in [0.25, 0.3) is 0 Å². The Morgan fingerprint density at radius 1 is 1.11 bits per heavy atom. The van der Waals surface area contributed by atoms with Crippen molar-refractivity contribution in [1.29, 1.82) is 0 Å². The number of aldehydes is 1. The summed E-state index contributed by atoms with van der Waals surface area (Å²) in [6, 6.07) is -3.93. The topological polar surface area (TPSA) is 246 Å². The van der Waals surface area contributed by atoms with E-state index >= 15 is 0 Å². The fourth-order valence-electron chi connectivity index (χ4n) is 3.04. The molecule has 36 heavy (non-hydrogen) atoms. The monoisotopic (exact) mass is 520 g/mol. The summed E-state index contributed by atoms with van der Waals surface area (Å²) in [5.41, 5.74) is 5.15. The van der Waals surface area contributed by atoms with E-state index in [-0.39, 0.29) is 12.8 Å². The van der Waals surface area contributed by atoms with Gasteiger partial charge in [0.05, 0.1) is 6.61 Å². The van der Waals surface area contributed by atoms with Crippen LogP contribution in [-0.2, 0) is 33.5 Å². The first-order chi connectivity index (χ1) is 16.8. The Kier molecular flexibility index (Phi) is 15.1. The van der Waals surface area contributed by atoms with E-state index in [4.69, 9.17) is 20.7 Å². The lowest BCUT2D eigenvalue weighted by Gasteiger charge is -2.34. The molecule has 0 fully saturated rings. The highest BCUT2D eigenvalue weighted by Gasteiger charge is 2.38. The number of carbonyl (C=O) groups is 6. The molecule has 0 aliphatic carbocycles. The number of nitrogens with one attached hydrogen (secondary N) is 2. The Hall–Kier alpha value is -3.14. The molecule has 0 bridgehead atoms. The van der Waals surface area contributed by atoms with Crippen LogP contribution in [0.5, 0.6) is 0 Å². The third kappa shape index (κ3) is 11.1. The number of carboxylic acid groups (broad SMARTS) is 1. The zero-order chi connectivity index (χ0) is 28.0. The van der Waals surface area contributed by atoms with Crippen molar-refractivity contribution in [3.63, 3.8) is 0 Å². The highest BCUT2D eigenvalue weighted by molar-refractivity contribution is 5.91. The van der Waals surface area contributed by atoms with E-state index in [0.717, 1.165) is 4.90 Å². The summed E-state index contributed by atoms with van der Waals surface area (Å²) in [4.78, 5) is 71.7. The largest absolute Gasteiger partial charge is 0.481 e. The molecule has 206 valence electrons. The lowest BCUT2D eigenvalue weighted by molar-refractivity contribution is -0.157. The Morgan fingerprint density at radius 2 is 1.72 bits per heavy atom. The van der Waals surface area contributed by atoms with Gasteiger partial charge >= 0.3 is 5.97 Å². The van der Waals surface area contributed by atoms with Crippen LogP contribution in [0.4, 0.5) is 0 Å². The zero-order valence-corrected chi connectivity index (χ0v) is 20.5. The van der Waals surface area contributed by atoms with Gasteiger partial charge in [0.2, 0.25) is 23.6 Å². The van der Waals surface area contributed by atoms with E-state index < -0.39 is 85.7 Å². The fraction of sp³-hybridized carbons (Fsp3) is 0.714. The van der Waals surface area contributed by atoms with Gasteiger partial charge in [-0.2, -0.15) is 0 Å². The van der Waals surface area contributed by atoms with Gasteiger partial charge < -0.3 is 51.2 Å². The average Bonchev–Trinajstić information content (AvgIpc) is 2.82. The van der Waals surface area contributed by atoms with Gasteiger partial charge in [0.25, 0.3) is 0 Å². The SMILES string of the molecule is CCCC(=O)N(C)[C@@H](C=O)[C@@H](OCC(=O)NC(C)C(=O)NC(CCC(=O)O)C(N)=O)[C@H](O)[C@H](O)CO. The summed E-state index contributed by atoms with van der Waals surface area (Å²) in [6.45, 7) is 1.27. The first-order valence-corrected chi connectivity index (χ1v) is 11.2. The molecule has 0 aromatic carbocycles. The Balaban J connectivity index is 5.30. The van der Waals surface area contributed by atoms with Crippen molar-refractivity contribution < 1.29 is 53.9 Å². The number of carboxylic acids is 1. The molecule has 0 aliphatic heterocycles. The van der Waals surface area contributed by atoms with Crippen LogP contribution in [0.15, 0.2) is 0 Å². The first kappa shape index (κ1) is 32.9. The summed E-state index contributed by atoms with van der Waals surface area (Å²) in [7, 11) is 1.28. The Morgan fingerprint density at radius 3 is 2.19 bits per heavy atom. The van der Waals surface area contributed by atoms with Crippen LogP contribution in [-0.4, -0.2) is 118 Å². The van der Waals surface area contributed by atoms with Crippen molar-refractivity contribution in [2.45, 2.75) is 76.0 Å². The predicted octanol–water partition coefficient (Wildman–Crippen LogP) is -3.75. The molecule has 2 unspecified atom stereocenters. The summed E-state index contributed by atoms with van der Waals surface area (Å²) in [6.07, 6.45) is -5.07. The average molecular weight is 521 g/mol. The quantitative estimate of drug-likeness (QED) is 0.0865. The summed E-state index contributed by atoms with van der Waals surface area (Å²) in [5, 5.41) is 42.5. The van der Waals surface area contributed by atoms with Crippen molar-refractivity contribution in [3.05, 3.63) is 0 Å². The summed E-state index contributed by atoms with van der Waals surface area (Å²) >= 11 is 0. The Labute approximate surface area is 207 Å². The van der Waals surface area contributed by atoms with E-state index in [1.54, 1.807) is 6.92 Å². The van der Waals surface area contributed by atoms with Crippen LogP contribution in [0.3, 0.4) is 0 Å². The number of hydrogen-bond donors (Lipinski definition) is 7. The number of aliphatic hydroxyl groups is 3. The second kappa shape index (κ2) is 16.5. The number of carbonyl (C=O) groups excluding carboxylic acids is 5. The van der Waals surface area contributed by atoms with E-state index in [1.807, 2.05) is 0 Å². The van der Waals surface area contributed by atoms with Crippen molar-refractivity contribution >= 4 is 35.9 Å². The molecule has 0 saturated carbocycles. The molecule has 0 radical (unpaired) electrons. The third-order valence-corrected chi connectivity index (χ3v) is 5.18. The van der Waals surface area contributed by atoms with Crippen LogP contribution in [0.2, 0.25) is 0 Å². The molecule has 8 N–H and O–H groups in total. The minimum Gasteiger partial charge on any atom is -0.481 e. The Bertz CT molecular complexity index is 779. The van der Waals surface area contributed by atoms with E-state index in [9.17, 15) is 39.0 Å². The minimum atomic E-state index is -1.86.